The molecule has 3 fully saturated rings. The molecule has 7 atom stereocenters. The van der Waals surface area contributed by atoms with Crippen LogP contribution in [-0.4, -0.2) is 40.2 Å². The number of carbonyl (C=O) groups is 1. The second-order valence-corrected chi connectivity index (χ2v) is 10.9. The van der Waals surface area contributed by atoms with E-state index < -0.39 is 65.0 Å². The Balaban J connectivity index is 1.50. The summed E-state index contributed by atoms with van der Waals surface area (Å²) in [5, 5.41) is 10.6. The lowest BCUT2D eigenvalue weighted by Crippen LogP contribution is -2.35. The van der Waals surface area contributed by atoms with Crippen molar-refractivity contribution in [3.8, 4) is 0 Å². The van der Waals surface area contributed by atoms with Crippen molar-refractivity contribution in [3.63, 3.8) is 0 Å². The first-order chi connectivity index (χ1) is 17.5. The fraction of sp³-hybridized carbons (Fsp3) is 0.519. The van der Waals surface area contributed by atoms with E-state index in [1.165, 1.54) is 19.1 Å². The Morgan fingerprint density at radius 1 is 1.00 bits per heavy atom. The number of benzene rings is 2. The highest BCUT2D eigenvalue weighted by molar-refractivity contribution is 5.83. The second kappa shape index (κ2) is 8.94. The molecule has 2 aromatic rings. The highest BCUT2D eigenvalue weighted by Crippen LogP contribution is 2.55. The zero-order chi connectivity index (χ0) is 27.8. The summed E-state index contributed by atoms with van der Waals surface area (Å²) >= 11 is 0. The zero-order valence-electron chi connectivity index (χ0n) is 20.5. The number of rotatable bonds is 4. The summed E-state index contributed by atoms with van der Waals surface area (Å²) < 4.78 is 100. The minimum Gasteiger partial charge on any atom is -0.390 e. The maximum atomic E-state index is 13.7. The number of ether oxygens (including phenoxy) is 1. The summed E-state index contributed by atoms with van der Waals surface area (Å²) in [7, 11) is 0. The van der Waals surface area contributed by atoms with Crippen LogP contribution in [0.5, 0.6) is 0 Å². The molecule has 38 heavy (non-hydrogen) atoms. The summed E-state index contributed by atoms with van der Waals surface area (Å²) in [6.45, 7) is 3.11. The molecule has 0 radical (unpaired) electrons. The molecule has 2 aromatic carbocycles. The van der Waals surface area contributed by atoms with Gasteiger partial charge >= 0.3 is 12.4 Å². The topological polar surface area (TPSA) is 49.8 Å². The smallest absolute Gasteiger partial charge is 0.390 e. The molecule has 1 saturated carbocycles. The Hall–Kier alpha value is -2.66. The first-order valence-corrected chi connectivity index (χ1v) is 12.3. The monoisotopic (exact) mass is 545 g/mol. The molecule has 0 unspecified atom stereocenters. The van der Waals surface area contributed by atoms with Crippen molar-refractivity contribution in [2.24, 2.45) is 11.8 Å². The third-order valence-corrected chi connectivity index (χ3v) is 8.11. The molecular weight excluding hydrogens is 519 g/mol. The van der Waals surface area contributed by atoms with Gasteiger partial charge in [0.2, 0.25) is 5.91 Å². The second-order valence-electron chi connectivity index (χ2n) is 10.9. The standard InChI is InChI=1S/C27H26F7NO3/c1-13(15-7-16(26(29,30)31)9-17(8-15)27(32,33)34)38-21-12-35-23(22(21)14-3-5-18(28)6-4-14)19-10-25(2,37)11-20(19)24(35)36/h3-9,13,19-23,37H,10-12H2,1-2H3/t13-,19-,20+,21+,22-,23+,25-/m1/s1. The van der Waals surface area contributed by atoms with Crippen molar-refractivity contribution in [2.75, 3.05) is 6.54 Å². The molecular formula is C27H26F7NO3. The van der Waals surface area contributed by atoms with Gasteiger partial charge in [-0.2, -0.15) is 26.3 Å². The first-order valence-electron chi connectivity index (χ1n) is 12.3. The van der Waals surface area contributed by atoms with Gasteiger partial charge in [0.1, 0.15) is 5.82 Å². The van der Waals surface area contributed by atoms with Gasteiger partial charge in [0.05, 0.1) is 28.9 Å². The lowest BCUT2D eigenvalue weighted by molar-refractivity contribution is -0.143. The molecule has 2 aliphatic heterocycles. The molecule has 1 aliphatic carbocycles. The molecule has 206 valence electrons. The summed E-state index contributed by atoms with van der Waals surface area (Å²) in [5.41, 5.74) is -3.58. The number of nitrogens with zero attached hydrogens (tertiary/aromatic N) is 1. The van der Waals surface area contributed by atoms with Gasteiger partial charge in [-0.1, -0.05) is 12.1 Å². The van der Waals surface area contributed by atoms with Crippen LogP contribution in [0.2, 0.25) is 0 Å². The molecule has 11 heteroatoms. The number of hydrogen-bond acceptors (Lipinski definition) is 3. The lowest BCUT2D eigenvalue weighted by atomic mass is 9.80. The molecule has 0 spiro atoms. The summed E-state index contributed by atoms with van der Waals surface area (Å²) in [6.07, 6.45) is -11.3. The van der Waals surface area contributed by atoms with Crippen LogP contribution in [-0.2, 0) is 21.9 Å². The predicted octanol–water partition coefficient (Wildman–Crippen LogP) is 6.09. The number of carbonyl (C=O) groups excluding carboxylic acids is 1. The molecule has 0 aromatic heterocycles. The largest absolute Gasteiger partial charge is 0.416 e. The number of alkyl halides is 6. The predicted molar refractivity (Wildman–Crippen MR) is 121 cm³/mol. The molecule has 3 aliphatic rings. The molecule has 4 nitrogen and oxygen atoms in total. The third-order valence-electron chi connectivity index (χ3n) is 8.11. The molecule has 2 saturated heterocycles. The van der Waals surface area contributed by atoms with Crippen molar-refractivity contribution in [2.45, 2.75) is 68.8 Å². The SMILES string of the molecule is C[C@@H](O[C@H]1CN2C(=O)[C@H]3C[C@](C)(O)C[C@H]3[C@H]2[C@@H]1c1ccc(F)cc1)c1cc(C(F)(F)F)cc(C(F)(F)F)c1. The van der Waals surface area contributed by atoms with Crippen LogP contribution in [0.25, 0.3) is 0 Å². The first kappa shape index (κ1) is 26.9. The molecule has 2 heterocycles. The van der Waals surface area contributed by atoms with Crippen molar-refractivity contribution in [1.82, 2.24) is 4.90 Å². The molecule has 1 N–H and O–H groups in total. The van der Waals surface area contributed by atoms with Crippen LogP contribution in [0.3, 0.4) is 0 Å². The number of aliphatic hydroxyl groups is 1. The van der Waals surface area contributed by atoms with E-state index in [-0.39, 0.29) is 30.0 Å². The Labute approximate surface area is 214 Å². The van der Waals surface area contributed by atoms with Crippen LogP contribution in [0.1, 0.15) is 61.0 Å². The number of halogens is 7. The Bertz CT molecular complexity index is 1190. The highest BCUT2D eigenvalue weighted by Gasteiger charge is 2.62. The average Bonchev–Trinajstić information content (AvgIpc) is 3.41. The maximum absolute atomic E-state index is 13.7. The van der Waals surface area contributed by atoms with Crippen LogP contribution in [0.15, 0.2) is 42.5 Å². The number of hydrogen-bond donors (Lipinski definition) is 1. The van der Waals surface area contributed by atoms with E-state index in [2.05, 4.69) is 0 Å². The summed E-state index contributed by atoms with van der Waals surface area (Å²) in [6, 6.07) is 6.52. The van der Waals surface area contributed by atoms with Crippen LogP contribution in [0, 0.1) is 17.7 Å². The molecule has 0 bridgehead atoms. The molecule has 1 amide bonds. The van der Waals surface area contributed by atoms with Crippen molar-refractivity contribution < 1.29 is 45.4 Å². The third kappa shape index (κ3) is 4.79. The average molecular weight is 545 g/mol. The van der Waals surface area contributed by atoms with Gasteiger partial charge < -0.3 is 14.7 Å². The fourth-order valence-electron chi connectivity index (χ4n) is 6.56. The normalized spacial score (nSPS) is 32.0. The van der Waals surface area contributed by atoms with E-state index in [0.29, 0.717) is 30.5 Å². The van der Waals surface area contributed by atoms with Crippen LogP contribution >= 0.6 is 0 Å². The van der Waals surface area contributed by atoms with Crippen molar-refractivity contribution in [1.29, 1.82) is 0 Å². The van der Waals surface area contributed by atoms with Gasteiger partial charge in [-0.25, -0.2) is 4.39 Å². The molecule has 5 rings (SSSR count). The Kier molecular flexibility index (Phi) is 6.34. The van der Waals surface area contributed by atoms with E-state index in [9.17, 15) is 40.6 Å². The fourth-order valence-corrected chi connectivity index (χ4v) is 6.56. The van der Waals surface area contributed by atoms with Gasteiger partial charge in [0.15, 0.2) is 0 Å². The van der Waals surface area contributed by atoms with Crippen molar-refractivity contribution in [3.05, 3.63) is 70.5 Å². The van der Waals surface area contributed by atoms with Crippen LogP contribution < -0.4 is 0 Å². The van der Waals surface area contributed by atoms with Crippen molar-refractivity contribution >= 4 is 5.91 Å². The summed E-state index contributed by atoms with van der Waals surface area (Å²) in [4.78, 5) is 14.9. The quantitative estimate of drug-likeness (QED) is 0.473. The number of fused-ring (bicyclic) bond motifs is 3. The van der Waals surface area contributed by atoms with E-state index in [1.807, 2.05) is 0 Å². The van der Waals surface area contributed by atoms with Gasteiger partial charge in [-0.15, -0.1) is 0 Å². The Morgan fingerprint density at radius 3 is 2.13 bits per heavy atom. The minimum absolute atomic E-state index is 0.0635. The highest BCUT2D eigenvalue weighted by atomic mass is 19.4. The van der Waals surface area contributed by atoms with E-state index >= 15 is 0 Å². The lowest BCUT2D eigenvalue weighted by Gasteiger charge is -2.30. The van der Waals surface area contributed by atoms with Gasteiger partial charge in [-0.05, 0) is 74.1 Å². The van der Waals surface area contributed by atoms with Gasteiger partial charge in [0.25, 0.3) is 0 Å². The number of amides is 1. The van der Waals surface area contributed by atoms with E-state index in [1.54, 1.807) is 24.0 Å². The van der Waals surface area contributed by atoms with Gasteiger partial charge in [0, 0.05) is 24.4 Å². The van der Waals surface area contributed by atoms with E-state index in [4.69, 9.17) is 4.74 Å². The Morgan fingerprint density at radius 2 is 1.58 bits per heavy atom. The zero-order valence-corrected chi connectivity index (χ0v) is 20.5. The van der Waals surface area contributed by atoms with E-state index in [0.717, 1.165) is 0 Å². The van der Waals surface area contributed by atoms with Crippen LogP contribution in [0.4, 0.5) is 30.7 Å². The minimum atomic E-state index is -5.00. The summed E-state index contributed by atoms with van der Waals surface area (Å²) in [5.74, 6) is -1.78. The van der Waals surface area contributed by atoms with Gasteiger partial charge in [-0.3, -0.25) is 4.79 Å². The maximum Gasteiger partial charge on any atom is 0.416 e.